The van der Waals surface area contributed by atoms with E-state index >= 15 is 0 Å². The van der Waals surface area contributed by atoms with E-state index in [0.29, 0.717) is 0 Å². The Morgan fingerprint density at radius 2 is 1.07 bits per heavy atom. The second-order valence-electron chi connectivity index (χ2n) is 20.2. The van der Waals surface area contributed by atoms with Gasteiger partial charge in [0.2, 0.25) is 17.7 Å². The maximum atomic E-state index is 13.3. The van der Waals surface area contributed by atoms with Gasteiger partial charge in [-0.15, -0.1) is 0 Å². The summed E-state index contributed by atoms with van der Waals surface area (Å²) in [7, 11) is 0. The van der Waals surface area contributed by atoms with Crippen LogP contribution in [0.15, 0.2) is 0 Å². The van der Waals surface area contributed by atoms with Gasteiger partial charge in [-0.25, -0.2) is 4.79 Å². The molecular weight excluding hydrogens is 1130 g/mol. The van der Waals surface area contributed by atoms with Gasteiger partial charge >= 0.3 is 5.97 Å². The fourth-order valence-electron chi connectivity index (χ4n) is 9.92. The number of amides is 3. The van der Waals surface area contributed by atoms with Gasteiger partial charge in [-0.2, -0.15) is 0 Å². The maximum Gasteiger partial charge on any atom is 0.364 e. The Morgan fingerprint density at radius 3 is 1.62 bits per heavy atom. The van der Waals surface area contributed by atoms with E-state index in [1.165, 1.54) is 0 Å². The molecule has 0 spiro atoms. The summed E-state index contributed by atoms with van der Waals surface area (Å²) in [4.78, 5) is 49.9. The van der Waals surface area contributed by atoms with E-state index in [9.17, 15) is 121 Å². The molecule has 476 valence electrons. The highest BCUT2D eigenvalue weighted by Gasteiger charge is 2.61. The Bertz CT molecular complexity index is 2040. The second-order valence-corrected chi connectivity index (χ2v) is 20.2. The summed E-state index contributed by atoms with van der Waals surface area (Å²) in [6.07, 6.45) is -55.8. The molecule has 37 nitrogen and oxygen atoms in total. The highest BCUT2D eigenvalue weighted by molar-refractivity contribution is 5.77. The Balaban J connectivity index is 1.48. The zero-order valence-electron chi connectivity index (χ0n) is 44.1. The van der Waals surface area contributed by atoms with Gasteiger partial charge in [-0.1, -0.05) is 0 Å². The van der Waals surface area contributed by atoms with Crippen LogP contribution >= 0.6 is 0 Å². The van der Waals surface area contributed by atoms with Crippen LogP contribution < -0.4 is 16.0 Å². The number of hydrogen-bond acceptors (Lipinski definition) is 33. The van der Waals surface area contributed by atoms with Crippen LogP contribution in [0.1, 0.15) is 27.2 Å². The average molecular weight is 1200 g/mol. The van der Waals surface area contributed by atoms with E-state index in [2.05, 4.69) is 16.0 Å². The lowest BCUT2D eigenvalue weighted by molar-refractivity contribution is -0.384. The summed E-state index contributed by atoms with van der Waals surface area (Å²) >= 11 is 0. The van der Waals surface area contributed by atoms with Gasteiger partial charge in [-0.05, 0) is 0 Å². The van der Waals surface area contributed by atoms with Crippen LogP contribution in [-0.2, 0) is 66.5 Å². The molecule has 5 rings (SSSR count). The zero-order chi connectivity index (χ0) is 61.4. The zero-order valence-corrected chi connectivity index (χ0v) is 44.1. The Morgan fingerprint density at radius 1 is 0.549 bits per heavy atom. The lowest BCUT2D eigenvalue weighted by Gasteiger charge is -2.50. The summed E-state index contributed by atoms with van der Waals surface area (Å²) < 4.78 is 57.1. The predicted molar refractivity (Wildman–Crippen MR) is 253 cm³/mol. The minimum atomic E-state index is -3.34. The second kappa shape index (κ2) is 30.4. The number of rotatable bonds is 26. The first-order valence-corrected chi connectivity index (χ1v) is 25.7. The summed E-state index contributed by atoms with van der Waals surface area (Å²) in [6, 6.07) is -5.23. The Labute approximate surface area is 464 Å². The minimum Gasteiger partial charge on any atom is -0.477 e. The van der Waals surface area contributed by atoms with Crippen LogP contribution in [0.2, 0.25) is 0 Å². The van der Waals surface area contributed by atoms with Crippen molar-refractivity contribution in [2.75, 3.05) is 46.2 Å². The highest BCUT2D eigenvalue weighted by atomic mass is 16.8. The molecule has 0 radical (unpaired) electrons. The van der Waals surface area contributed by atoms with E-state index in [1.807, 2.05) is 0 Å². The van der Waals surface area contributed by atoms with Gasteiger partial charge in [-0.3, -0.25) is 14.4 Å². The summed E-state index contributed by atoms with van der Waals surface area (Å²) in [5.74, 6) is -8.09. The molecule has 23 N–H and O–H groups in total. The molecule has 30 atom stereocenters. The van der Waals surface area contributed by atoms with Crippen LogP contribution in [0, 0.1) is 0 Å². The maximum absolute atomic E-state index is 13.3. The SMILES string of the molecule is CC(=O)N[C@H]1[C@H](O[C@H]2[C@@H](O)[C@@H](CO)O[C@@H](OC[C@H]3O[C@@H](O[C@@H]([C@H](O)[C@H](CO)NC(C)=O)[C@H](O)CO)[C@H](O)[C@@H](O[C@]4(C(=O)O)C[C@H](O)[C@@H](NC(C)=O)[C@H]([C@H](O)[C@H](O)CO)O4)[C@H]3O)[C@@H]2O)O[C@H](CO)[C@@H](O[C@@H]2O[C@H](CO)[C@H](O)[C@H](O)[C@H]2O)[C@@H]1O. The van der Waals surface area contributed by atoms with Gasteiger partial charge in [0.25, 0.3) is 5.79 Å². The van der Waals surface area contributed by atoms with E-state index < -0.39 is 260 Å². The van der Waals surface area contributed by atoms with Crippen LogP contribution in [0.25, 0.3) is 0 Å². The normalized spacial score (nSPS) is 42.2. The first-order valence-electron chi connectivity index (χ1n) is 25.7. The smallest absolute Gasteiger partial charge is 0.364 e. The number of aliphatic hydroxyl groups excluding tert-OH is 19. The third-order valence-corrected chi connectivity index (χ3v) is 14.2. The average Bonchev–Trinajstić information content (AvgIpc) is 3.56. The lowest BCUT2D eigenvalue weighted by atomic mass is 9.88. The highest BCUT2D eigenvalue weighted by Crippen LogP contribution is 2.39. The molecule has 82 heavy (non-hydrogen) atoms. The number of aliphatic carboxylic acids is 1. The molecule has 5 saturated heterocycles. The first-order chi connectivity index (χ1) is 38.5. The van der Waals surface area contributed by atoms with E-state index in [-0.39, 0.29) is 0 Å². The van der Waals surface area contributed by atoms with Gasteiger partial charge < -0.3 is 165 Å². The third-order valence-electron chi connectivity index (χ3n) is 14.2. The number of nitrogens with one attached hydrogen (secondary N) is 3. The van der Waals surface area contributed by atoms with E-state index in [0.717, 1.165) is 20.8 Å². The molecule has 5 fully saturated rings. The fourth-order valence-corrected chi connectivity index (χ4v) is 9.92. The topological polar surface area (TPSA) is 601 Å². The van der Waals surface area contributed by atoms with Crippen LogP contribution in [-0.4, -0.2) is 355 Å². The van der Waals surface area contributed by atoms with Crippen molar-refractivity contribution in [2.45, 2.75) is 211 Å². The molecule has 37 heteroatoms. The molecule has 0 aliphatic carbocycles. The Hall–Kier alpha value is -3.28. The van der Waals surface area contributed by atoms with Crippen molar-refractivity contribution in [1.82, 2.24) is 16.0 Å². The van der Waals surface area contributed by atoms with Gasteiger partial charge in [0.05, 0.1) is 64.4 Å². The standard InChI is InChI=1S/C45H77N3O34/c1-12(55)46-15(5-49)25(61)35(18(60)7-51)78-43-34(70)39(82-45(44(71)72)4-16(58)23(47-13(2)56)37(81-45)26(62)17(59)6-50)29(65)22(77-43)11-73-41-33(69)38(28(64)20(9-53)74-41)80-40-24(48-14(3)57)30(66)36(21(10-54)76-40)79-42-32(68)31(67)27(63)19(8-52)75-42/h15-43,49-54,58-70H,4-11H2,1-3H3,(H,46,55)(H,47,56)(H,48,57)(H,71,72)/t15-,16-,17+,18+,19+,20+,21+,22+,23+,24+,25+,26+,27-,28-,29-,30+,31-,32+,33+,34+,35+,36+,37+,38-,39-,40-,41+,42-,43-,45-/m0/s1. The van der Waals surface area contributed by atoms with Gasteiger partial charge in [0, 0.05) is 27.2 Å². The number of ether oxygens (including phenoxy) is 10. The van der Waals surface area contributed by atoms with Crippen molar-refractivity contribution in [3.8, 4) is 0 Å². The monoisotopic (exact) mass is 1200 g/mol. The Kier molecular flexibility index (Phi) is 25.7. The number of carbonyl (C=O) groups is 4. The van der Waals surface area contributed by atoms with Crippen molar-refractivity contribution in [2.24, 2.45) is 0 Å². The van der Waals surface area contributed by atoms with Crippen LogP contribution in [0.5, 0.6) is 0 Å². The molecule has 0 aromatic rings. The summed E-state index contributed by atoms with van der Waals surface area (Å²) in [5.41, 5.74) is 0. The molecule has 0 saturated carbocycles. The number of aliphatic hydroxyl groups is 19. The van der Waals surface area contributed by atoms with Crippen molar-refractivity contribution < 1.29 is 169 Å². The number of carbonyl (C=O) groups excluding carboxylic acids is 3. The number of carboxylic acids is 1. The van der Waals surface area contributed by atoms with Gasteiger partial charge in [0.1, 0.15) is 134 Å². The quantitative estimate of drug-likeness (QED) is 0.0382. The number of hydrogen-bond donors (Lipinski definition) is 23. The molecule has 5 aliphatic rings. The van der Waals surface area contributed by atoms with Crippen LogP contribution in [0.3, 0.4) is 0 Å². The molecule has 0 unspecified atom stereocenters. The molecular formula is C45H77N3O34. The molecule has 3 amide bonds. The lowest BCUT2D eigenvalue weighted by Crippen LogP contribution is -2.71. The molecule has 0 aromatic heterocycles. The fraction of sp³-hybridized carbons (Fsp3) is 0.911. The summed E-state index contributed by atoms with van der Waals surface area (Å²) in [5, 5.41) is 222. The minimum absolute atomic E-state index is 0.836. The van der Waals surface area contributed by atoms with Crippen molar-refractivity contribution in [3.05, 3.63) is 0 Å². The molecule has 0 bridgehead atoms. The molecule has 5 heterocycles. The van der Waals surface area contributed by atoms with E-state index in [4.69, 9.17) is 47.4 Å². The molecule has 0 aromatic carbocycles. The summed E-state index contributed by atoms with van der Waals surface area (Å²) in [6.45, 7) is -4.76. The van der Waals surface area contributed by atoms with Crippen molar-refractivity contribution in [3.63, 3.8) is 0 Å². The van der Waals surface area contributed by atoms with Gasteiger partial charge in [0.15, 0.2) is 25.2 Å². The predicted octanol–water partition coefficient (Wildman–Crippen LogP) is -14.8. The van der Waals surface area contributed by atoms with Crippen molar-refractivity contribution in [1.29, 1.82) is 0 Å². The largest absolute Gasteiger partial charge is 0.477 e. The van der Waals surface area contributed by atoms with Crippen molar-refractivity contribution >= 4 is 23.7 Å². The first kappa shape index (κ1) is 69.5. The van der Waals surface area contributed by atoms with Crippen LogP contribution in [0.4, 0.5) is 0 Å². The third kappa shape index (κ3) is 15.8. The number of carboxylic acid groups (broad SMARTS) is 1. The molecule has 5 aliphatic heterocycles. The van der Waals surface area contributed by atoms with E-state index in [1.54, 1.807) is 0 Å².